The molecule has 0 N–H and O–H groups in total. The van der Waals surface area contributed by atoms with E-state index in [1.54, 1.807) is 11.3 Å². The molecule has 27 heavy (non-hydrogen) atoms. The second kappa shape index (κ2) is 5.51. The van der Waals surface area contributed by atoms with Crippen LogP contribution < -0.4 is 0 Å². The van der Waals surface area contributed by atoms with Crippen molar-refractivity contribution in [2.75, 3.05) is 0 Å². The van der Waals surface area contributed by atoms with E-state index in [0.29, 0.717) is 16.4 Å². The molecule has 0 saturated heterocycles. The van der Waals surface area contributed by atoms with Gasteiger partial charge in [0.15, 0.2) is 5.58 Å². The van der Waals surface area contributed by atoms with Gasteiger partial charge in [-0.2, -0.15) is 0 Å². The average molecular weight is 385 g/mol. The van der Waals surface area contributed by atoms with Crippen molar-refractivity contribution < 1.29 is 4.42 Å². The molecule has 0 bridgehead atoms. The fourth-order valence-electron chi connectivity index (χ4n) is 3.60. The van der Waals surface area contributed by atoms with Crippen molar-refractivity contribution in [1.29, 1.82) is 0 Å². The van der Waals surface area contributed by atoms with Crippen LogP contribution >= 0.6 is 22.9 Å². The van der Waals surface area contributed by atoms with Gasteiger partial charge in [0.25, 0.3) is 0 Å². The number of hydrogen-bond donors (Lipinski definition) is 0. The molecule has 5 aromatic rings. The summed E-state index contributed by atoms with van der Waals surface area (Å²) < 4.78 is 8.42. The molecule has 126 valence electrons. The van der Waals surface area contributed by atoms with E-state index in [1.807, 2.05) is 42.5 Å². The SMILES string of the molecule is Clc1c2nc(-c3ccc4c(c3)C=C[C+]=C4)oc2cc2sc3ccccc3c12. The van der Waals surface area contributed by atoms with Gasteiger partial charge in [-0.1, -0.05) is 29.8 Å². The Labute approximate surface area is 164 Å². The monoisotopic (exact) mass is 384 g/mol. The van der Waals surface area contributed by atoms with Crippen molar-refractivity contribution in [3.63, 3.8) is 0 Å². The lowest BCUT2D eigenvalue weighted by molar-refractivity contribution is 0.620. The molecule has 0 aliphatic heterocycles. The van der Waals surface area contributed by atoms with Gasteiger partial charge in [-0.3, -0.25) is 0 Å². The van der Waals surface area contributed by atoms with Crippen LogP contribution in [0.25, 0.3) is 54.9 Å². The number of hydrogen-bond acceptors (Lipinski definition) is 3. The molecule has 6 rings (SSSR count). The van der Waals surface area contributed by atoms with E-state index in [1.165, 1.54) is 4.70 Å². The molecule has 0 saturated carbocycles. The number of benzene rings is 3. The number of fused-ring (bicyclic) bond motifs is 5. The highest BCUT2D eigenvalue weighted by molar-refractivity contribution is 7.26. The molecule has 3 aromatic carbocycles. The van der Waals surface area contributed by atoms with E-state index < -0.39 is 0 Å². The summed E-state index contributed by atoms with van der Waals surface area (Å²) >= 11 is 8.49. The molecule has 2 heterocycles. The molecule has 2 aromatic heterocycles. The van der Waals surface area contributed by atoms with Gasteiger partial charge in [-0.25, -0.2) is 4.98 Å². The van der Waals surface area contributed by atoms with Crippen LogP contribution in [0.15, 0.2) is 59.0 Å². The molecule has 0 fully saturated rings. The number of rotatable bonds is 1. The third-order valence-corrected chi connectivity index (χ3v) is 6.38. The second-order valence-corrected chi connectivity index (χ2v) is 7.98. The fraction of sp³-hybridized carbons (Fsp3) is 0. The minimum absolute atomic E-state index is 0.587. The maximum absolute atomic E-state index is 6.77. The number of aromatic nitrogens is 1. The Morgan fingerprint density at radius 1 is 1.00 bits per heavy atom. The Kier molecular flexibility index (Phi) is 3.09. The highest BCUT2D eigenvalue weighted by atomic mass is 35.5. The topological polar surface area (TPSA) is 26.0 Å². The van der Waals surface area contributed by atoms with Crippen molar-refractivity contribution in [1.82, 2.24) is 4.98 Å². The maximum Gasteiger partial charge on any atom is 0.227 e. The summed E-state index contributed by atoms with van der Waals surface area (Å²) in [6.07, 6.45) is 9.02. The smallest absolute Gasteiger partial charge is 0.227 e. The van der Waals surface area contributed by atoms with Crippen LogP contribution in [-0.2, 0) is 0 Å². The molecular weight excluding hydrogens is 374 g/mol. The van der Waals surface area contributed by atoms with Crippen molar-refractivity contribution in [3.8, 4) is 11.5 Å². The van der Waals surface area contributed by atoms with Gasteiger partial charge in [0, 0.05) is 43.9 Å². The van der Waals surface area contributed by atoms with Crippen molar-refractivity contribution in [2.45, 2.75) is 0 Å². The summed E-state index contributed by atoms with van der Waals surface area (Å²) in [5.74, 6) is 0.587. The predicted octanol–water partition coefficient (Wildman–Crippen LogP) is 7.36. The summed E-state index contributed by atoms with van der Waals surface area (Å²) in [7, 11) is 0. The number of allylic oxidation sites excluding steroid dienone is 2. The van der Waals surface area contributed by atoms with Crippen molar-refractivity contribution in [3.05, 3.63) is 76.8 Å². The quantitative estimate of drug-likeness (QED) is 0.282. The van der Waals surface area contributed by atoms with Crippen LogP contribution in [0, 0.1) is 6.08 Å². The fourth-order valence-corrected chi connectivity index (χ4v) is 5.14. The molecule has 1 aliphatic carbocycles. The Bertz CT molecular complexity index is 1440. The van der Waals surface area contributed by atoms with E-state index in [4.69, 9.17) is 21.0 Å². The third kappa shape index (κ3) is 2.20. The lowest BCUT2D eigenvalue weighted by Crippen LogP contribution is -1.86. The summed E-state index contributed by atoms with van der Waals surface area (Å²) in [5, 5.41) is 2.87. The van der Waals surface area contributed by atoms with Crippen LogP contribution in [0.5, 0.6) is 0 Å². The summed E-state index contributed by atoms with van der Waals surface area (Å²) in [6.45, 7) is 0. The summed E-state index contributed by atoms with van der Waals surface area (Å²) in [6, 6.07) is 16.5. The van der Waals surface area contributed by atoms with Crippen LogP contribution in [0.1, 0.15) is 11.1 Å². The van der Waals surface area contributed by atoms with E-state index in [0.717, 1.165) is 37.7 Å². The summed E-state index contributed by atoms with van der Waals surface area (Å²) in [5.41, 5.74) is 4.64. The lowest BCUT2D eigenvalue weighted by atomic mass is 10.0. The Morgan fingerprint density at radius 3 is 2.89 bits per heavy atom. The number of nitrogens with zero attached hydrogens (tertiary/aromatic N) is 1. The van der Waals surface area contributed by atoms with Crippen LogP contribution in [0.2, 0.25) is 5.02 Å². The average Bonchev–Trinajstić information content (AvgIpc) is 3.29. The Morgan fingerprint density at radius 2 is 1.93 bits per heavy atom. The van der Waals surface area contributed by atoms with Crippen molar-refractivity contribution in [2.24, 2.45) is 0 Å². The van der Waals surface area contributed by atoms with E-state index in [9.17, 15) is 0 Å². The van der Waals surface area contributed by atoms with Gasteiger partial charge in [0.2, 0.25) is 5.89 Å². The maximum atomic E-state index is 6.77. The minimum atomic E-state index is 0.587. The lowest BCUT2D eigenvalue weighted by Gasteiger charge is -1.99. The standard InChI is InChI=1S/C23H11ClNOS/c24-21-20-16-7-3-4-8-18(16)27-19(20)12-17-22(21)25-23(26-17)15-10-9-13-5-1-2-6-14(13)11-15/h2-12H/q+1. The number of halogens is 1. The van der Waals surface area contributed by atoms with Crippen molar-refractivity contribution >= 4 is 66.4 Å². The van der Waals surface area contributed by atoms with E-state index >= 15 is 0 Å². The molecule has 2 nitrogen and oxygen atoms in total. The van der Waals surface area contributed by atoms with Gasteiger partial charge < -0.3 is 4.42 Å². The molecule has 0 radical (unpaired) electrons. The minimum Gasteiger partial charge on any atom is -0.436 e. The Hall–Kier alpha value is -2.97. The molecule has 0 amide bonds. The zero-order valence-electron chi connectivity index (χ0n) is 14.0. The zero-order valence-corrected chi connectivity index (χ0v) is 15.6. The highest BCUT2D eigenvalue weighted by Gasteiger charge is 2.19. The third-order valence-electron chi connectivity index (χ3n) is 4.90. The first-order valence-corrected chi connectivity index (χ1v) is 9.78. The number of thiophene rings is 1. The van der Waals surface area contributed by atoms with Gasteiger partial charge in [0.05, 0.1) is 22.2 Å². The highest BCUT2D eigenvalue weighted by Crippen LogP contribution is 2.42. The molecular formula is C23H11ClNOS+. The predicted molar refractivity (Wildman–Crippen MR) is 114 cm³/mol. The molecule has 0 unspecified atom stereocenters. The van der Waals surface area contributed by atoms with Crippen LogP contribution in [0.3, 0.4) is 0 Å². The second-order valence-electron chi connectivity index (χ2n) is 6.52. The molecule has 0 spiro atoms. The Balaban J connectivity index is 1.60. The molecule has 0 atom stereocenters. The van der Waals surface area contributed by atoms with Crippen LogP contribution in [0.4, 0.5) is 0 Å². The van der Waals surface area contributed by atoms with Gasteiger partial charge in [-0.15, -0.1) is 11.3 Å². The zero-order chi connectivity index (χ0) is 18.0. The van der Waals surface area contributed by atoms with Gasteiger partial charge in [0.1, 0.15) is 17.7 Å². The van der Waals surface area contributed by atoms with Crippen LogP contribution in [-0.4, -0.2) is 4.98 Å². The first-order valence-electron chi connectivity index (χ1n) is 8.58. The first kappa shape index (κ1) is 15.1. The van der Waals surface area contributed by atoms with E-state index in [2.05, 4.69) is 30.3 Å². The van der Waals surface area contributed by atoms with E-state index in [-0.39, 0.29) is 0 Å². The molecule has 4 heteroatoms. The van der Waals surface area contributed by atoms with Gasteiger partial charge >= 0.3 is 0 Å². The number of oxazole rings is 1. The first-order chi connectivity index (χ1) is 13.3. The largest absolute Gasteiger partial charge is 0.436 e. The van der Waals surface area contributed by atoms with Gasteiger partial charge in [-0.05, 0) is 18.2 Å². The summed E-state index contributed by atoms with van der Waals surface area (Å²) in [4.78, 5) is 4.72. The molecule has 1 aliphatic rings. The normalized spacial score (nSPS) is 12.8.